The van der Waals surface area contributed by atoms with Crippen molar-refractivity contribution >= 4 is 17.5 Å². The molecule has 0 spiro atoms. The van der Waals surface area contributed by atoms with Crippen molar-refractivity contribution in [2.75, 3.05) is 6.61 Å². The molecule has 4 rings (SSSR count). The molecule has 1 aromatic heterocycles. The number of halogens is 6. The van der Waals surface area contributed by atoms with Crippen molar-refractivity contribution in [2.45, 2.75) is 37.8 Å². The van der Waals surface area contributed by atoms with Gasteiger partial charge in [-0.25, -0.2) is 8.78 Å². The second-order valence-electron chi connectivity index (χ2n) is 7.66. The summed E-state index contributed by atoms with van der Waals surface area (Å²) in [5, 5.41) is 2.23. The van der Waals surface area contributed by atoms with Crippen LogP contribution < -0.4 is 10.1 Å². The van der Waals surface area contributed by atoms with Gasteiger partial charge in [0.05, 0.1) is 28.8 Å². The summed E-state index contributed by atoms with van der Waals surface area (Å²) in [6.07, 6.45) is 1.85. The molecule has 0 unspecified atom stereocenters. The van der Waals surface area contributed by atoms with Crippen molar-refractivity contribution in [2.24, 2.45) is 0 Å². The first kappa shape index (κ1) is 23.2. The zero-order chi connectivity index (χ0) is 23.8. The van der Waals surface area contributed by atoms with Crippen LogP contribution in [0.4, 0.5) is 22.0 Å². The molecule has 1 amide bonds. The lowest BCUT2D eigenvalue weighted by atomic mass is 10.1. The van der Waals surface area contributed by atoms with Gasteiger partial charge in [-0.15, -0.1) is 0 Å². The van der Waals surface area contributed by atoms with E-state index < -0.39 is 41.6 Å². The average Bonchev–Trinajstić information content (AvgIpc) is 3.60. The van der Waals surface area contributed by atoms with E-state index in [1.54, 1.807) is 0 Å². The highest BCUT2D eigenvalue weighted by atomic mass is 35.5. The van der Waals surface area contributed by atoms with Gasteiger partial charge in [0, 0.05) is 22.7 Å². The molecule has 1 N–H and O–H groups in total. The maximum atomic E-state index is 14.9. The van der Waals surface area contributed by atoms with Crippen LogP contribution in [-0.4, -0.2) is 28.7 Å². The van der Waals surface area contributed by atoms with Crippen molar-refractivity contribution < 1.29 is 31.5 Å². The summed E-state index contributed by atoms with van der Waals surface area (Å²) in [5.41, 5.74) is -0.261. The lowest BCUT2D eigenvalue weighted by Crippen LogP contribution is -2.27. The summed E-state index contributed by atoms with van der Waals surface area (Å²) < 4.78 is 72.1. The summed E-state index contributed by atoms with van der Waals surface area (Å²) in [6.45, 7) is -1.72. The second-order valence-corrected chi connectivity index (χ2v) is 8.11. The number of alkyl halides is 3. The topological polar surface area (TPSA) is 64.1 Å². The normalized spacial score (nSPS) is 16.5. The number of benzene rings is 1. The zero-order valence-corrected chi connectivity index (χ0v) is 17.7. The van der Waals surface area contributed by atoms with E-state index >= 15 is 0 Å². The van der Waals surface area contributed by atoms with Crippen LogP contribution in [0.25, 0.3) is 11.3 Å². The Balaban J connectivity index is 1.68. The predicted molar refractivity (Wildman–Crippen MR) is 110 cm³/mol. The first-order valence-electron chi connectivity index (χ1n) is 10.0. The molecule has 33 heavy (non-hydrogen) atoms. The van der Waals surface area contributed by atoms with Gasteiger partial charge in [-0.3, -0.25) is 14.8 Å². The maximum absolute atomic E-state index is 14.9. The van der Waals surface area contributed by atoms with Crippen molar-refractivity contribution in [3.63, 3.8) is 0 Å². The summed E-state index contributed by atoms with van der Waals surface area (Å²) in [4.78, 5) is 21.1. The quantitative estimate of drug-likeness (QED) is 0.515. The molecule has 0 saturated heterocycles. The van der Waals surface area contributed by atoms with E-state index in [1.807, 2.05) is 0 Å². The number of carbonyl (C=O) groups excluding carboxylic acids is 1. The van der Waals surface area contributed by atoms with Crippen LogP contribution >= 0.6 is 11.6 Å². The molecule has 1 heterocycles. The number of rotatable bonds is 6. The molecule has 11 heteroatoms. The lowest BCUT2D eigenvalue weighted by Gasteiger charge is -2.18. The summed E-state index contributed by atoms with van der Waals surface area (Å²) in [5.74, 6) is -3.05. The number of nitrogens with zero attached hydrogens (tertiary/aromatic N) is 2. The van der Waals surface area contributed by atoms with Crippen molar-refractivity contribution in [3.05, 3.63) is 64.2 Å². The van der Waals surface area contributed by atoms with E-state index in [-0.39, 0.29) is 28.4 Å². The summed E-state index contributed by atoms with van der Waals surface area (Å²) in [6, 6.07) is 1.66. The van der Waals surface area contributed by atoms with Gasteiger partial charge in [0.25, 0.3) is 5.91 Å². The minimum Gasteiger partial charge on any atom is -0.483 e. The van der Waals surface area contributed by atoms with Crippen molar-refractivity contribution in [3.8, 4) is 17.0 Å². The monoisotopic (exact) mass is 485 g/mol. The Kier molecular flexibility index (Phi) is 6.38. The molecule has 1 fully saturated rings. The smallest absolute Gasteiger partial charge is 0.422 e. The Morgan fingerprint density at radius 1 is 1.18 bits per heavy atom. The fourth-order valence-electron chi connectivity index (χ4n) is 3.26. The molecule has 0 radical (unpaired) electrons. The Bertz CT molecular complexity index is 1140. The molecule has 5 nitrogen and oxygen atoms in total. The maximum Gasteiger partial charge on any atom is 0.422 e. The molecular weight excluding hydrogens is 469 g/mol. The minimum atomic E-state index is -4.71. The van der Waals surface area contributed by atoms with Gasteiger partial charge in [0.2, 0.25) is 0 Å². The summed E-state index contributed by atoms with van der Waals surface area (Å²) >= 11 is 5.96. The zero-order valence-electron chi connectivity index (χ0n) is 17.0. The third-order valence-electron chi connectivity index (χ3n) is 5.08. The van der Waals surface area contributed by atoms with Gasteiger partial charge in [-0.2, -0.15) is 13.2 Å². The Labute approximate surface area is 190 Å². The number of amides is 1. The van der Waals surface area contributed by atoms with Crippen LogP contribution in [0.5, 0.6) is 5.75 Å². The molecule has 1 saturated carbocycles. The number of hydrogen-bond acceptors (Lipinski definition) is 4. The highest BCUT2D eigenvalue weighted by molar-refractivity contribution is 6.30. The largest absolute Gasteiger partial charge is 0.483 e. The number of hydrogen-bond donors (Lipinski definition) is 1. The van der Waals surface area contributed by atoms with Gasteiger partial charge in [0.15, 0.2) is 6.61 Å². The van der Waals surface area contributed by atoms with Crippen LogP contribution in [-0.2, 0) is 0 Å². The van der Waals surface area contributed by atoms with Gasteiger partial charge in [-0.05, 0) is 43.9 Å². The van der Waals surface area contributed by atoms with E-state index in [2.05, 4.69) is 15.3 Å². The molecule has 0 atom stereocenters. The van der Waals surface area contributed by atoms with Crippen LogP contribution in [0, 0.1) is 5.82 Å². The van der Waals surface area contributed by atoms with E-state index in [0.29, 0.717) is 18.4 Å². The van der Waals surface area contributed by atoms with E-state index in [4.69, 9.17) is 16.3 Å². The number of allylic oxidation sites excluding steroid dienone is 3. The molecule has 2 aromatic rings. The molecule has 0 aliphatic heterocycles. The van der Waals surface area contributed by atoms with Crippen LogP contribution in [0.3, 0.4) is 0 Å². The Morgan fingerprint density at radius 3 is 2.55 bits per heavy atom. The molecule has 1 aromatic carbocycles. The van der Waals surface area contributed by atoms with E-state index in [9.17, 15) is 26.7 Å². The standard InChI is InChI=1S/C22H17ClF5N3O2/c23-14-2-1-3-15(24)20(14)31-21(32)13-6-16(25)12(7-19(13)33-10-22(26,27)28)18-9-29-17(8-30-18)11-4-5-11/h3,6-9,11H,1-2,4-5,10H2,(H,31,32). The van der Waals surface area contributed by atoms with Crippen molar-refractivity contribution in [1.29, 1.82) is 0 Å². The first-order valence-corrected chi connectivity index (χ1v) is 10.4. The molecule has 2 aliphatic carbocycles. The number of carbonyl (C=O) groups is 1. The van der Waals surface area contributed by atoms with E-state index in [1.165, 1.54) is 18.5 Å². The minimum absolute atomic E-state index is 0.0317. The van der Waals surface area contributed by atoms with Gasteiger partial charge in [-0.1, -0.05) is 11.6 Å². The average molecular weight is 486 g/mol. The molecule has 174 valence electrons. The number of ether oxygens (including phenoxy) is 1. The van der Waals surface area contributed by atoms with Gasteiger partial charge in [0.1, 0.15) is 17.4 Å². The number of nitrogens with one attached hydrogen (secondary N) is 1. The third-order valence-corrected chi connectivity index (χ3v) is 5.46. The second kappa shape index (κ2) is 9.09. The highest BCUT2D eigenvalue weighted by Gasteiger charge is 2.31. The van der Waals surface area contributed by atoms with Crippen molar-refractivity contribution in [1.82, 2.24) is 15.3 Å². The molecule has 0 bridgehead atoms. The lowest BCUT2D eigenvalue weighted by molar-refractivity contribution is -0.153. The SMILES string of the molecule is O=C(NC1=C(Cl)CCC=C1F)c1cc(F)c(-c2cnc(C3CC3)cn2)cc1OCC(F)(F)F. The van der Waals surface area contributed by atoms with Crippen LogP contribution in [0.2, 0.25) is 0 Å². The van der Waals surface area contributed by atoms with Crippen LogP contribution in [0.1, 0.15) is 47.7 Å². The summed E-state index contributed by atoms with van der Waals surface area (Å²) in [7, 11) is 0. The van der Waals surface area contributed by atoms with Crippen LogP contribution in [0.15, 0.2) is 47.2 Å². The number of aromatic nitrogens is 2. The first-order chi connectivity index (χ1) is 15.6. The Hall–Kier alpha value is -3.01. The predicted octanol–water partition coefficient (Wildman–Crippen LogP) is 5.93. The fraction of sp³-hybridized carbons (Fsp3) is 0.318. The molecular formula is C22H17ClF5N3O2. The molecule has 2 aliphatic rings. The Morgan fingerprint density at radius 2 is 1.94 bits per heavy atom. The van der Waals surface area contributed by atoms with Gasteiger partial charge < -0.3 is 10.1 Å². The third kappa shape index (κ3) is 5.50. The highest BCUT2D eigenvalue weighted by Crippen LogP contribution is 2.39. The van der Waals surface area contributed by atoms with E-state index in [0.717, 1.165) is 24.6 Å². The van der Waals surface area contributed by atoms with Gasteiger partial charge >= 0.3 is 6.18 Å². The fourth-order valence-corrected chi connectivity index (χ4v) is 3.51.